The fourth-order valence-corrected chi connectivity index (χ4v) is 2.25. The zero-order valence-corrected chi connectivity index (χ0v) is 13.2. The van der Waals surface area contributed by atoms with Gasteiger partial charge in [0, 0.05) is 24.6 Å². The van der Waals surface area contributed by atoms with Gasteiger partial charge in [-0.25, -0.2) is 4.99 Å². The van der Waals surface area contributed by atoms with Crippen molar-refractivity contribution in [2.75, 3.05) is 26.4 Å². The van der Waals surface area contributed by atoms with Gasteiger partial charge in [-0.3, -0.25) is 0 Å². The maximum atomic E-state index is 5.99. The zero-order chi connectivity index (χ0) is 15.8. The van der Waals surface area contributed by atoms with Crippen LogP contribution in [-0.4, -0.2) is 32.3 Å². The van der Waals surface area contributed by atoms with Crippen LogP contribution in [0.4, 0.5) is 0 Å². The van der Waals surface area contributed by atoms with E-state index in [1.54, 1.807) is 6.08 Å². The lowest BCUT2D eigenvalue weighted by atomic mass is 10.1. The highest BCUT2D eigenvalue weighted by molar-refractivity contribution is 5.77. The highest BCUT2D eigenvalue weighted by Gasteiger charge is 2.17. The van der Waals surface area contributed by atoms with Crippen molar-refractivity contribution in [2.24, 2.45) is 16.6 Å². The van der Waals surface area contributed by atoms with E-state index in [0.717, 1.165) is 30.9 Å². The molecule has 1 atom stereocenters. The minimum Gasteiger partial charge on any atom is -0.493 e. The smallest absolute Gasteiger partial charge is 0.189 e. The highest BCUT2D eigenvalue weighted by atomic mass is 16.5. The average Bonchev–Trinajstić information content (AvgIpc) is 3.03. The van der Waals surface area contributed by atoms with Gasteiger partial charge in [0.2, 0.25) is 0 Å². The molecule has 1 aromatic carbocycles. The maximum Gasteiger partial charge on any atom is 0.189 e. The Bertz CT molecular complexity index is 523. The predicted molar refractivity (Wildman–Crippen MR) is 89.1 cm³/mol. The average molecular weight is 303 g/mol. The Morgan fingerprint density at radius 3 is 3.18 bits per heavy atom. The molecule has 0 saturated carbocycles. The number of aryl methyl sites for hydroxylation is 1. The molecule has 5 nitrogen and oxygen atoms in total. The summed E-state index contributed by atoms with van der Waals surface area (Å²) in [4.78, 5) is 4.33. The number of nitrogens with zero attached hydrogens (tertiary/aromatic N) is 1. The standard InChI is InChI=1S/C17H25N3O2/c1-3-7-19-17(18)20-10-15-5-4-13(2)9-16(15)22-12-14-6-8-21-11-14/h3-5,9,14H,1,6-8,10-12H2,2H3,(H3,18,19,20). The molecule has 1 saturated heterocycles. The van der Waals surface area contributed by atoms with Crippen LogP contribution in [-0.2, 0) is 11.3 Å². The molecule has 22 heavy (non-hydrogen) atoms. The van der Waals surface area contributed by atoms with E-state index in [9.17, 15) is 0 Å². The van der Waals surface area contributed by atoms with E-state index in [-0.39, 0.29) is 0 Å². The first-order valence-electron chi connectivity index (χ1n) is 7.64. The third kappa shape index (κ3) is 5.07. The van der Waals surface area contributed by atoms with Gasteiger partial charge >= 0.3 is 0 Å². The van der Waals surface area contributed by atoms with Crippen LogP contribution in [0.25, 0.3) is 0 Å². The van der Waals surface area contributed by atoms with Gasteiger partial charge in [0.25, 0.3) is 0 Å². The number of benzene rings is 1. The van der Waals surface area contributed by atoms with Gasteiger partial charge in [-0.2, -0.15) is 0 Å². The van der Waals surface area contributed by atoms with Crippen LogP contribution in [0.5, 0.6) is 5.75 Å². The molecule has 120 valence electrons. The van der Waals surface area contributed by atoms with Gasteiger partial charge in [0.15, 0.2) is 5.96 Å². The number of hydrogen-bond acceptors (Lipinski definition) is 3. The summed E-state index contributed by atoms with van der Waals surface area (Å²) in [7, 11) is 0. The van der Waals surface area contributed by atoms with Crippen LogP contribution < -0.4 is 15.8 Å². The second-order valence-electron chi connectivity index (χ2n) is 5.52. The molecule has 1 aromatic rings. The lowest BCUT2D eigenvalue weighted by molar-refractivity contribution is 0.166. The first-order chi connectivity index (χ1) is 10.7. The zero-order valence-electron chi connectivity index (χ0n) is 13.2. The normalized spacial score (nSPS) is 18.2. The quantitative estimate of drug-likeness (QED) is 0.459. The number of guanidine groups is 1. The first kappa shape index (κ1) is 16.4. The second kappa shape index (κ2) is 8.44. The van der Waals surface area contributed by atoms with E-state index < -0.39 is 0 Å². The molecule has 1 heterocycles. The van der Waals surface area contributed by atoms with Gasteiger partial charge in [-0.05, 0) is 25.0 Å². The number of hydrogen-bond donors (Lipinski definition) is 2. The van der Waals surface area contributed by atoms with E-state index in [2.05, 4.69) is 29.9 Å². The van der Waals surface area contributed by atoms with Crippen molar-refractivity contribution in [1.29, 1.82) is 0 Å². The van der Waals surface area contributed by atoms with Gasteiger partial charge in [0.1, 0.15) is 5.75 Å². The van der Waals surface area contributed by atoms with E-state index in [1.165, 1.54) is 5.56 Å². The summed E-state index contributed by atoms with van der Waals surface area (Å²) in [5, 5.41) is 2.96. The van der Waals surface area contributed by atoms with Crippen LogP contribution in [0.3, 0.4) is 0 Å². The van der Waals surface area contributed by atoms with Crippen LogP contribution in [0.1, 0.15) is 17.5 Å². The monoisotopic (exact) mass is 303 g/mol. The third-order valence-corrected chi connectivity index (χ3v) is 3.57. The maximum absolute atomic E-state index is 5.99. The summed E-state index contributed by atoms with van der Waals surface area (Å²) in [5.74, 6) is 1.78. The van der Waals surface area contributed by atoms with E-state index in [4.69, 9.17) is 15.2 Å². The minimum atomic E-state index is 0.413. The van der Waals surface area contributed by atoms with Crippen molar-refractivity contribution in [3.63, 3.8) is 0 Å². The van der Waals surface area contributed by atoms with Crippen molar-refractivity contribution in [3.05, 3.63) is 42.0 Å². The molecular formula is C17H25N3O2. The van der Waals surface area contributed by atoms with Crippen LogP contribution in [0, 0.1) is 12.8 Å². The molecule has 1 aliphatic heterocycles. The summed E-state index contributed by atoms with van der Waals surface area (Å²) in [6, 6.07) is 6.15. The number of ether oxygens (including phenoxy) is 2. The lowest BCUT2D eigenvalue weighted by Gasteiger charge is -2.14. The minimum absolute atomic E-state index is 0.413. The molecule has 0 radical (unpaired) electrons. The summed E-state index contributed by atoms with van der Waals surface area (Å²) in [6.45, 7) is 9.10. The van der Waals surface area contributed by atoms with Crippen LogP contribution >= 0.6 is 0 Å². The molecule has 3 N–H and O–H groups in total. The number of rotatable bonds is 7. The van der Waals surface area contributed by atoms with E-state index in [0.29, 0.717) is 31.6 Å². The van der Waals surface area contributed by atoms with Crippen molar-refractivity contribution >= 4 is 5.96 Å². The van der Waals surface area contributed by atoms with Gasteiger partial charge in [0.05, 0.1) is 19.8 Å². The summed E-state index contributed by atoms with van der Waals surface area (Å²) < 4.78 is 11.4. The van der Waals surface area contributed by atoms with E-state index >= 15 is 0 Å². The third-order valence-electron chi connectivity index (χ3n) is 3.57. The Hall–Kier alpha value is -2.01. The molecule has 5 heteroatoms. The molecule has 0 aliphatic carbocycles. The molecular weight excluding hydrogens is 278 g/mol. The molecule has 2 rings (SSSR count). The predicted octanol–water partition coefficient (Wildman–Crippen LogP) is 2.00. The molecule has 0 spiro atoms. The molecule has 0 aromatic heterocycles. The molecule has 0 bridgehead atoms. The Balaban J connectivity index is 1.98. The largest absolute Gasteiger partial charge is 0.493 e. The molecule has 0 amide bonds. The highest BCUT2D eigenvalue weighted by Crippen LogP contribution is 2.23. The Labute approximate surface area is 132 Å². The first-order valence-corrected chi connectivity index (χ1v) is 7.64. The topological polar surface area (TPSA) is 68.9 Å². The molecule has 1 fully saturated rings. The Kier molecular flexibility index (Phi) is 6.27. The molecule has 1 aliphatic rings. The van der Waals surface area contributed by atoms with Gasteiger partial charge in [-0.15, -0.1) is 6.58 Å². The fraction of sp³-hybridized carbons (Fsp3) is 0.471. The Morgan fingerprint density at radius 2 is 2.45 bits per heavy atom. The van der Waals surface area contributed by atoms with E-state index in [1.807, 2.05) is 12.1 Å². The van der Waals surface area contributed by atoms with Gasteiger partial charge in [-0.1, -0.05) is 18.2 Å². The SMILES string of the molecule is C=CCNC(N)=NCc1ccc(C)cc1OCC1CCOC1. The summed E-state index contributed by atoms with van der Waals surface area (Å²) in [6.07, 6.45) is 2.81. The van der Waals surface area contributed by atoms with Crippen LogP contribution in [0.15, 0.2) is 35.8 Å². The number of nitrogens with one attached hydrogen (secondary N) is 1. The Morgan fingerprint density at radius 1 is 1.59 bits per heavy atom. The van der Waals surface area contributed by atoms with Gasteiger partial charge < -0.3 is 20.5 Å². The summed E-state index contributed by atoms with van der Waals surface area (Å²) >= 11 is 0. The van der Waals surface area contributed by atoms with Crippen molar-refractivity contribution in [2.45, 2.75) is 19.9 Å². The van der Waals surface area contributed by atoms with Crippen molar-refractivity contribution < 1.29 is 9.47 Å². The number of nitrogens with two attached hydrogens (primary N) is 1. The fourth-order valence-electron chi connectivity index (χ4n) is 2.25. The lowest BCUT2D eigenvalue weighted by Crippen LogP contribution is -2.31. The summed E-state index contributed by atoms with van der Waals surface area (Å²) in [5.41, 5.74) is 8.00. The number of aliphatic imine (C=N–C) groups is 1. The molecule has 1 unspecified atom stereocenters. The second-order valence-corrected chi connectivity index (χ2v) is 5.52. The van der Waals surface area contributed by atoms with Crippen molar-refractivity contribution in [1.82, 2.24) is 5.32 Å². The van der Waals surface area contributed by atoms with Crippen molar-refractivity contribution in [3.8, 4) is 5.75 Å². The van der Waals surface area contributed by atoms with Crippen LogP contribution in [0.2, 0.25) is 0 Å².